The molecule has 0 aromatic heterocycles. The van der Waals surface area contributed by atoms with Crippen molar-refractivity contribution >= 4 is 5.97 Å². The summed E-state index contributed by atoms with van der Waals surface area (Å²) in [6.07, 6.45) is -0.313. The molecule has 0 aliphatic carbocycles. The van der Waals surface area contributed by atoms with E-state index in [9.17, 15) is 13.7 Å². The largest absolute Gasteiger partial charge is 0.478 e. The summed E-state index contributed by atoms with van der Waals surface area (Å²) in [7, 11) is 0. The average Bonchev–Trinajstić information content (AvgIpc) is 2.12. The van der Waals surface area contributed by atoms with Crippen molar-refractivity contribution in [1.82, 2.24) is 5.12 Å². The van der Waals surface area contributed by atoms with Gasteiger partial charge in [0.15, 0.2) is 0 Å². The molecule has 4 nitrogen and oxygen atoms in total. The maximum atomic E-state index is 13.4. The SMILES string of the molecule is CCN(F)[C@@](F)(CCCN)C(=O)O. The molecule has 0 aliphatic heterocycles. The van der Waals surface area contributed by atoms with Gasteiger partial charge in [-0.15, -0.1) is 4.48 Å². The number of halogens is 2. The number of hydrogen-bond donors (Lipinski definition) is 2. The maximum Gasteiger partial charge on any atom is 0.359 e. The fraction of sp³-hybridized carbons (Fsp3) is 0.857. The monoisotopic (exact) mass is 196 g/mol. The highest BCUT2D eigenvalue weighted by Crippen LogP contribution is 2.24. The highest BCUT2D eigenvalue weighted by Gasteiger charge is 2.44. The Morgan fingerprint density at radius 1 is 1.69 bits per heavy atom. The Morgan fingerprint density at radius 2 is 2.23 bits per heavy atom. The summed E-state index contributed by atoms with van der Waals surface area (Å²) in [5.41, 5.74) is 5.08. The number of nitrogens with two attached hydrogens (primary N) is 1. The van der Waals surface area contributed by atoms with Crippen molar-refractivity contribution in [2.45, 2.75) is 25.6 Å². The van der Waals surface area contributed by atoms with Gasteiger partial charge in [-0.3, -0.25) is 0 Å². The van der Waals surface area contributed by atoms with Crippen LogP contribution in [0.15, 0.2) is 0 Å². The lowest BCUT2D eigenvalue weighted by Crippen LogP contribution is -2.47. The third-order valence-electron chi connectivity index (χ3n) is 1.70. The van der Waals surface area contributed by atoms with E-state index < -0.39 is 18.2 Å². The normalized spacial score (nSPS) is 15.8. The van der Waals surface area contributed by atoms with Gasteiger partial charge in [0.2, 0.25) is 0 Å². The highest BCUT2D eigenvalue weighted by atomic mass is 19.2. The van der Waals surface area contributed by atoms with Crippen molar-refractivity contribution in [2.75, 3.05) is 13.1 Å². The molecule has 0 unspecified atom stereocenters. The van der Waals surface area contributed by atoms with Crippen LogP contribution >= 0.6 is 0 Å². The van der Waals surface area contributed by atoms with E-state index in [0.29, 0.717) is 0 Å². The molecule has 78 valence electrons. The number of alkyl halides is 1. The number of hydrogen-bond acceptors (Lipinski definition) is 3. The van der Waals surface area contributed by atoms with E-state index in [1.807, 2.05) is 0 Å². The van der Waals surface area contributed by atoms with Gasteiger partial charge in [0.25, 0.3) is 5.79 Å². The zero-order valence-electron chi connectivity index (χ0n) is 7.46. The van der Waals surface area contributed by atoms with E-state index in [2.05, 4.69) is 0 Å². The van der Waals surface area contributed by atoms with E-state index in [1.54, 1.807) is 0 Å². The van der Waals surface area contributed by atoms with Gasteiger partial charge in [0.05, 0.1) is 0 Å². The molecule has 0 spiro atoms. The predicted molar refractivity (Wildman–Crippen MR) is 43.3 cm³/mol. The Labute approximate surface area is 75.3 Å². The number of carbonyl (C=O) groups is 1. The van der Waals surface area contributed by atoms with Crippen LogP contribution in [-0.2, 0) is 4.79 Å². The summed E-state index contributed by atoms with van der Waals surface area (Å²) >= 11 is 0. The van der Waals surface area contributed by atoms with Crippen LogP contribution in [0.3, 0.4) is 0 Å². The molecule has 0 aromatic rings. The molecule has 6 heteroatoms. The van der Waals surface area contributed by atoms with Gasteiger partial charge in [-0.2, -0.15) is 0 Å². The van der Waals surface area contributed by atoms with Gasteiger partial charge in [0, 0.05) is 13.0 Å². The lowest BCUT2D eigenvalue weighted by atomic mass is 10.1. The number of nitrogens with zero attached hydrogens (tertiary/aromatic N) is 1. The fourth-order valence-corrected chi connectivity index (χ4v) is 0.919. The summed E-state index contributed by atoms with van der Waals surface area (Å²) in [6, 6.07) is 0. The van der Waals surface area contributed by atoms with Gasteiger partial charge < -0.3 is 10.8 Å². The smallest absolute Gasteiger partial charge is 0.359 e. The summed E-state index contributed by atoms with van der Waals surface area (Å²) in [4.78, 5) is 10.4. The van der Waals surface area contributed by atoms with E-state index in [1.165, 1.54) is 6.92 Å². The summed E-state index contributed by atoms with van der Waals surface area (Å²) in [5.74, 6) is -4.75. The van der Waals surface area contributed by atoms with Crippen molar-refractivity contribution in [2.24, 2.45) is 5.73 Å². The molecule has 13 heavy (non-hydrogen) atoms. The Balaban J connectivity index is 4.42. The fourth-order valence-electron chi connectivity index (χ4n) is 0.919. The topological polar surface area (TPSA) is 66.6 Å². The van der Waals surface area contributed by atoms with E-state index in [-0.39, 0.29) is 24.6 Å². The lowest BCUT2D eigenvalue weighted by Gasteiger charge is -2.25. The van der Waals surface area contributed by atoms with Gasteiger partial charge >= 0.3 is 5.97 Å². The molecule has 3 N–H and O–H groups in total. The first-order valence-electron chi connectivity index (χ1n) is 4.04. The molecular weight excluding hydrogens is 182 g/mol. The van der Waals surface area contributed by atoms with Crippen LogP contribution in [-0.4, -0.2) is 35.1 Å². The minimum Gasteiger partial charge on any atom is -0.478 e. The first-order valence-corrected chi connectivity index (χ1v) is 4.04. The summed E-state index contributed by atoms with van der Waals surface area (Å²) in [6.45, 7) is 1.16. The Hall–Kier alpha value is -0.750. The second-order valence-corrected chi connectivity index (χ2v) is 2.64. The van der Waals surface area contributed by atoms with Crippen LogP contribution < -0.4 is 5.73 Å². The first kappa shape index (κ1) is 12.2. The number of carboxylic acids is 1. The number of aliphatic carboxylic acids is 1. The Bertz CT molecular complexity index is 180. The minimum absolute atomic E-state index is 0.128. The molecule has 1 atom stereocenters. The van der Waals surface area contributed by atoms with Crippen molar-refractivity contribution in [3.63, 3.8) is 0 Å². The van der Waals surface area contributed by atoms with Gasteiger partial charge in [-0.1, -0.05) is 5.12 Å². The van der Waals surface area contributed by atoms with Crippen LogP contribution in [0.1, 0.15) is 19.8 Å². The van der Waals surface area contributed by atoms with Crippen LogP contribution in [0.2, 0.25) is 0 Å². The summed E-state index contributed by atoms with van der Waals surface area (Å²) < 4.78 is 26.2. The molecule has 0 saturated heterocycles. The molecule has 0 bridgehead atoms. The quantitative estimate of drug-likeness (QED) is 0.484. The molecule has 0 heterocycles. The van der Waals surface area contributed by atoms with Crippen molar-refractivity contribution < 1.29 is 18.8 Å². The number of likely N-dealkylation sites (N-methyl/N-ethyl adjacent to an activating group) is 1. The van der Waals surface area contributed by atoms with Crippen molar-refractivity contribution in [3.05, 3.63) is 0 Å². The first-order chi connectivity index (χ1) is 5.99. The van der Waals surface area contributed by atoms with E-state index in [0.717, 1.165) is 0 Å². The van der Waals surface area contributed by atoms with Crippen LogP contribution in [0.5, 0.6) is 0 Å². The second kappa shape index (κ2) is 5.08. The van der Waals surface area contributed by atoms with Gasteiger partial charge in [-0.25, -0.2) is 9.18 Å². The van der Waals surface area contributed by atoms with Crippen molar-refractivity contribution in [3.8, 4) is 0 Å². The second-order valence-electron chi connectivity index (χ2n) is 2.64. The molecule has 0 aliphatic rings. The number of rotatable bonds is 6. The van der Waals surface area contributed by atoms with Gasteiger partial charge in [0.1, 0.15) is 0 Å². The zero-order valence-corrected chi connectivity index (χ0v) is 7.46. The molecule has 0 radical (unpaired) electrons. The molecular formula is C7H14F2N2O2. The molecule has 0 saturated carbocycles. The third kappa shape index (κ3) is 2.89. The summed E-state index contributed by atoms with van der Waals surface area (Å²) in [5, 5.41) is 8.13. The number of carboxylic acid groups (broad SMARTS) is 1. The Morgan fingerprint density at radius 3 is 2.54 bits per heavy atom. The maximum absolute atomic E-state index is 13.4. The molecule has 0 amide bonds. The van der Waals surface area contributed by atoms with E-state index >= 15 is 0 Å². The minimum atomic E-state index is -2.94. The van der Waals surface area contributed by atoms with Crippen LogP contribution in [0, 0.1) is 0 Å². The van der Waals surface area contributed by atoms with Crippen LogP contribution in [0.4, 0.5) is 8.87 Å². The molecule has 0 fully saturated rings. The highest BCUT2D eigenvalue weighted by molar-refractivity contribution is 5.76. The third-order valence-corrected chi connectivity index (χ3v) is 1.70. The lowest BCUT2D eigenvalue weighted by molar-refractivity contribution is -0.197. The van der Waals surface area contributed by atoms with E-state index in [4.69, 9.17) is 10.8 Å². The standard InChI is InChI=1S/C7H14F2N2O2/c1-2-11(9)7(8,6(12)13)4-3-5-10/h2-5,10H2,1H3,(H,12,13)/t7-/m0/s1. The average molecular weight is 196 g/mol. The Kier molecular flexibility index (Phi) is 4.79. The van der Waals surface area contributed by atoms with Crippen molar-refractivity contribution in [1.29, 1.82) is 0 Å². The molecule has 0 aromatic carbocycles. The van der Waals surface area contributed by atoms with Crippen LogP contribution in [0.25, 0.3) is 0 Å². The van der Waals surface area contributed by atoms with Gasteiger partial charge in [-0.05, 0) is 19.9 Å². The zero-order chi connectivity index (χ0) is 10.5. The molecule has 0 rings (SSSR count). The predicted octanol–water partition coefficient (Wildman–Crippen LogP) is 0.682.